The minimum absolute atomic E-state index is 0.0401. The highest BCUT2D eigenvalue weighted by atomic mass is 16.5. The van der Waals surface area contributed by atoms with Gasteiger partial charge in [-0.1, -0.05) is 24.3 Å². The summed E-state index contributed by atoms with van der Waals surface area (Å²) in [6, 6.07) is 5.51. The minimum Gasteiger partial charge on any atom is -0.493 e. The van der Waals surface area contributed by atoms with Gasteiger partial charge in [0, 0.05) is 5.56 Å². The van der Waals surface area contributed by atoms with Crippen LogP contribution in [-0.2, 0) is 16.1 Å². The van der Waals surface area contributed by atoms with Crippen molar-refractivity contribution in [1.82, 2.24) is 4.90 Å². The molecule has 1 saturated carbocycles. The lowest BCUT2D eigenvalue weighted by Crippen LogP contribution is -2.32. The van der Waals surface area contributed by atoms with E-state index in [1.54, 1.807) is 20.3 Å². The molecule has 0 radical (unpaired) electrons. The number of carbonyl (C=O) groups is 2. The number of methoxy groups -OCH3 is 2. The highest BCUT2D eigenvalue weighted by Crippen LogP contribution is 2.52. The Morgan fingerprint density at radius 3 is 2.26 bits per heavy atom. The summed E-state index contributed by atoms with van der Waals surface area (Å²) in [6.45, 7) is 0.241. The molecule has 1 aliphatic heterocycles. The Morgan fingerprint density at radius 2 is 1.70 bits per heavy atom. The van der Waals surface area contributed by atoms with Gasteiger partial charge in [-0.3, -0.25) is 14.5 Å². The van der Waals surface area contributed by atoms with Gasteiger partial charge in [0.2, 0.25) is 11.8 Å². The van der Waals surface area contributed by atoms with Crippen molar-refractivity contribution in [2.24, 2.45) is 23.7 Å². The van der Waals surface area contributed by atoms with Gasteiger partial charge in [-0.2, -0.15) is 0 Å². The Kier molecular flexibility index (Phi) is 3.18. The molecule has 4 atom stereocenters. The number of likely N-dealkylation sites (tertiary alicyclic amines) is 1. The van der Waals surface area contributed by atoms with Crippen molar-refractivity contribution in [1.29, 1.82) is 0 Å². The van der Waals surface area contributed by atoms with Gasteiger partial charge >= 0.3 is 0 Å². The van der Waals surface area contributed by atoms with Crippen LogP contribution in [0.15, 0.2) is 30.4 Å². The first kappa shape index (κ1) is 14.3. The smallest absolute Gasteiger partial charge is 0.234 e. The molecule has 2 aliphatic carbocycles. The molecule has 0 spiro atoms. The van der Waals surface area contributed by atoms with Gasteiger partial charge in [0.25, 0.3) is 0 Å². The first-order chi connectivity index (χ1) is 11.2. The second-order valence-corrected chi connectivity index (χ2v) is 6.42. The molecule has 120 valence electrons. The minimum atomic E-state index is -0.158. The average molecular weight is 313 g/mol. The van der Waals surface area contributed by atoms with Gasteiger partial charge in [0.05, 0.1) is 32.6 Å². The summed E-state index contributed by atoms with van der Waals surface area (Å²) >= 11 is 0. The molecule has 1 aromatic rings. The number of amides is 2. The Hall–Kier alpha value is -2.30. The lowest BCUT2D eigenvalue weighted by atomic mass is 9.85. The van der Waals surface area contributed by atoms with E-state index in [0.717, 1.165) is 12.0 Å². The second kappa shape index (κ2) is 5.11. The number of carbonyl (C=O) groups excluding carboxylic acids is 2. The fourth-order valence-corrected chi connectivity index (χ4v) is 4.37. The van der Waals surface area contributed by atoms with Gasteiger partial charge in [-0.15, -0.1) is 0 Å². The summed E-state index contributed by atoms with van der Waals surface area (Å²) in [6.07, 6.45) is 5.16. The van der Waals surface area contributed by atoms with Gasteiger partial charge in [-0.05, 0) is 24.3 Å². The molecule has 0 aromatic heterocycles. The van der Waals surface area contributed by atoms with Crippen molar-refractivity contribution in [2.45, 2.75) is 13.0 Å². The number of imide groups is 1. The van der Waals surface area contributed by atoms with E-state index in [4.69, 9.17) is 9.47 Å². The predicted molar refractivity (Wildman–Crippen MR) is 82.8 cm³/mol. The van der Waals surface area contributed by atoms with E-state index in [9.17, 15) is 9.59 Å². The molecule has 2 amide bonds. The number of hydrogen-bond donors (Lipinski definition) is 0. The molecular weight excluding hydrogens is 294 g/mol. The van der Waals surface area contributed by atoms with E-state index >= 15 is 0 Å². The van der Waals surface area contributed by atoms with E-state index in [2.05, 4.69) is 12.2 Å². The second-order valence-electron chi connectivity index (χ2n) is 6.42. The van der Waals surface area contributed by atoms with Crippen LogP contribution >= 0.6 is 0 Å². The van der Waals surface area contributed by atoms with E-state index in [0.29, 0.717) is 11.5 Å². The highest BCUT2D eigenvalue weighted by molar-refractivity contribution is 6.06. The Bertz CT molecular complexity index is 681. The van der Waals surface area contributed by atoms with Crippen LogP contribution in [0.2, 0.25) is 0 Å². The molecule has 1 heterocycles. The molecule has 4 rings (SSSR count). The molecule has 0 N–H and O–H groups in total. The molecular formula is C18H19NO4. The SMILES string of the molecule is COc1cccc(CN2C(=O)C3C4C=CC(C4)C3C2=O)c1OC. The summed E-state index contributed by atoms with van der Waals surface area (Å²) in [5.74, 6) is 1.25. The van der Waals surface area contributed by atoms with Crippen LogP contribution in [-0.4, -0.2) is 30.9 Å². The van der Waals surface area contributed by atoms with Crippen molar-refractivity contribution >= 4 is 11.8 Å². The van der Waals surface area contributed by atoms with Crippen molar-refractivity contribution < 1.29 is 19.1 Å². The fraction of sp³-hybridized carbons (Fsp3) is 0.444. The molecule has 2 bridgehead atoms. The molecule has 3 aliphatic rings. The molecule has 5 heteroatoms. The number of ether oxygens (including phenoxy) is 2. The summed E-state index contributed by atoms with van der Waals surface area (Å²) < 4.78 is 10.7. The van der Waals surface area contributed by atoms with Crippen molar-refractivity contribution in [2.75, 3.05) is 14.2 Å². The maximum absolute atomic E-state index is 12.7. The molecule has 1 aromatic carbocycles. The van der Waals surface area contributed by atoms with E-state index in [1.165, 1.54) is 4.90 Å². The van der Waals surface area contributed by atoms with E-state index in [1.807, 2.05) is 12.1 Å². The zero-order chi connectivity index (χ0) is 16.1. The fourth-order valence-electron chi connectivity index (χ4n) is 4.37. The van der Waals surface area contributed by atoms with E-state index in [-0.39, 0.29) is 42.0 Å². The molecule has 5 nitrogen and oxygen atoms in total. The van der Waals surface area contributed by atoms with Crippen LogP contribution in [0.5, 0.6) is 11.5 Å². The first-order valence-corrected chi connectivity index (χ1v) is 7.89. The van der Waals surface area contributed by atoms with Gasteiger partial charge in [0.15, 0.2) is 11.5 Å². The Labute approximate surface area is 134 Å². The third kappa shape index (κ3) is 1.92. The number of fused-ring (bicyclic) bond motifs is 5. The molecule has 23 heavy (non-hydrogen) atoms. The van der Waals surface area contributed by atoms with Crippen LogP contribution in [0.4, 0.5) is 0 Å². The van der Waals surface area contributed by atoms with Gasteiger partial charge in [0.1, 0.15) is 0 Å². The van der Waals surface area contributed by atoms with Crippen molar-refractivity contribution in [3.8, 4) is 11.5 Å². The number of benzene rings is 1. The largest absolute Gasteiger partial charge is 0.493 e. The van der Waals surface area contributed by atoms with Gasteiger partial charge < -0.3 is 9.47 Å². The first-order valence-electron chi connectivity index (χ1n) is 7.89. The molecule has 4 unspecified atom stereocenters. The Balaban J connectivity index is 1.64. The topological polar surface area (TPSA) is 55.8 Å². The number of para-hydroxylation sites is 1. The summed E-state index contributed by atoms with van der Waals surface area (Å²) in [5.41, 5.74) is 0.786. The molecule has 2 fully saturated rings. The lowest BCUT2D eigenvalue weighted by Gasteiger charge is -2.19. The van der Waals surface area contributed by atoms with Gasteiger partial charge in [-0.25, -0.2) is 0 Å². The van der Waals surface area contributed by atoms with Crippen LogP contribution in [0, 0.1) is 23.7 Å². The van der Waals surface area contributed by atoms with Crippen LogP contribution in [0.3, 0.4) is 0 Å². The standard InChI is InChI=1S/C18H19NO4/c1-22-13-5-3-4-12(16(13)23-2)9-19-17(20)14-10-6-7-11(8-10)15(14)18(19)21/h3-7,10-11,14-15H,8-9H2,1-2H3. The summed E-state index contributed by atoms with van der Waals surface area (Å²) in [5, 5.41) is 0. The third-order valence-corrected chi connectivity index (χ3v) is 5.37. The number of nitrogens with zero attached hydrogens (tertiary/aromatic N) is 1. The lowest BCUT2D eigenvalue weighted by molar-refractivity contribution is -0.141. The molecule has 1 saturated heterocycles. The number of hydrogen-bond acceptors (Lipinski definition) is 4. The normalized spacial score (nSPS) is 31.0. The van der Waals surface area contributed by atoms with Crippen LogP contribution in [0.25, 0.3) is 0 Å². The predicted octanol–water partition coefficient (Wildman–Crippen LogP) is 2.01. The maximum Gasteiger partial charge on any atom is 0.234 e. The van der Waals surface area contributed by atoms with E-state index < -0.39 is 0 Å². The number of allylic oxidation sites excluding steroid dienone is 2. The quantitative estimate of drug-likeness (QED) is 0.630. The zero-order valence-corrected chi connectivity index (χ0v) is 13.2. The maximum atomic E-state index is 12.7. The number of rotatable bonds is 4. The monoisotopic (exact) mass is 313 g/mol. The average Bonchev–Trinajstić information content (AvgIpc) is 3.24. The van der Waals surface area contributed by atoms with Crippen LogP contribution < -0.4 is 9.47 Å². The van der Waals surface area contributed by atoms with Crippen LogP contribution in [0.1, 0.15) is 12.0 Å². The third-order valence-electron chi connectivity index (χ3n) is 5.37. The highest BCUT2D eigenvalue weighted by Gasteiger charge is 2.59. The summed E-state index contributed by atoms with van der Waals surface area (Å²) in [4.78, 5) is 26.9. The zero-order valence-electron chi connectivity index (χ0n) is 13.2. The summed E-state index contributed by atoms with van der Waals surface area (Å²) in [7, 11) is 3.13. The van der Waals surface area contributed by atoms with Crippen molar-refractivity contribution in [3.05, 3.63) is 35.9 Å². The van der Waals surface area contributed by atoms with Crippen molar-refractivity contribution in [3.63, 3.8) is 0 Å². The Morgan fingerprint density at radius 1 is 1.04 bits per heavy atom.